The third-order valence-electron chi connectivity index (χ3n) is 3.32. The zero-order valence-corrected chi connectivity index (χ0v) is 12.7. The van der Waals surface area contributed by atoms with Crippen molar-refractivity contribution in [1.82, 2.24) is 14.4 Å². The van der Waals surface area contributed by atoms with Crippen LogP contribution in [0.4, 0.5) is 5.82 Å². The lowest BCUT2D eigenvalue weighted by Crippen LogP contribution is -2.12. The number of aromatic nitrogens is 3. The van der Waals surface area contributed by atoms with Gasteiger partial charge in [-0.25, -0.2) is 23.5 Å². The van der Waals surface area contributed by atoms with Crippen LogP contribution in [0.1, 0.15) is 5.56 Å². The average molecular weight is 315 g/mol. The molecule has 0 radical (unpaired) electrons. The van der Waals surface area contributed by atoms with Crippen molar-refractivity contribution >= 4 is 34.9 Å². The fourth-order valence-corrected chi connectivity index (χ4v) is 2.66. The van der Waals surface area contributed by atoms with Crippen LogP contribution in [0.5, 0.6) is 0 Å². The van der Waals surface area contributed by atoms with Gasteiger partial charge < -0.3 is 9.72 Å². The molecule has 2 aromatic heterocycles. The number of rotatable bonds is 4. The zero-order valence-electron chi connectivity index (χ0n) is 11.9. The standard InChI is InChI=1S/C13H14BN5O2S/c14-11-8-18-13-12(16-5-6-19(11)13)17-7-9-1-3-10(4-2-9)22(15,20)21/h1-6,8H,7,14H2,(H,16,17)(H2,15,20,21). The molecule has 0 bridgehead atoms. The molecule has 0 amide bonds. The maximum atomic E-state index is 11.2. The minimum Gasteiger partial charge on any atom is -0.363 e. The summed E-state index contributed by atoms with van der Waals surface area (Å²) >= 11 is 0. The molecule has 0 aliphatic rings. The number of imidazole rings is 1. The lowest BCUT2D eigenvalue weighted by atomic mass is 10.1. The molecule has 3 N–H and O–H groups in total. The second kappa shape index (κ2) is 5.43. The van der Waals surface area contributed by atoms with Crippen molar-refractivity contribution in [2.24, 2.45) is 5.14 Å². The van der Waals surface area contributed by atoms with Crippen molar-refractivity contribution in [2.45, 2.75) is 11.4 Å². The molecule has 112 valence electrons. The van der Waals surface area contributed by atoms with Gasteiger partial charge in [0.25, 0.3) is 0 Å². The van der Waals surface area contributed by atoms with Crippen molar-refractivity contribution < 1.29 is 8.42 Å². The Bertz CT molecular complexity index is 921. The van der Waals surface area contributed by atoms with Gasteiger partial charge >= 0.3 is 0 Å². The summed E-state index contributed by atoms with van der Waals surface area (Å²) in [6, 6.07) is 6.40. The third kappa shape index (κ3) is 2.81. The monoisotopic (exact) mass is 315 g/mol. The van der Waals surface area contributed by atoms with Crippen LogP contribution in [0.15, 0.2) is 47.8 Å². The number of nitrogens with two attached hydrogens (primary N) is 1. The van der Waals surface area contributed by atoms with E-state index < -0.39 is 10.0 Å². The highest BCUT2D eigenvalue weighted by Crippen LogP contribution is 2.13. The van der Waals surface area contributed by atoms with E-state index in [0.29, 0.717) is 12.4 Å². The topological polar surface area (TPSA) is 102 Å². The van der Waals surface area contributed by atoms with E-state index in [1.54, 1.807) is 24.5 Å². The van der Waals surface area contributed by atoms with Crippen molar-refractivity contribution in [3.05, 3.63) is 48.4 Å². The SMILES string of the molecule is Bc1cnc2c(NCc3ccc(S(N)(=O)=O)cc3)nccn12. The van der Waals surface area contributed by atoms with Crippen LogP contribution in [0.2, 0.25) is 0 Å². The van der Waals surface area contributed by atoms with Gasteiger partial charge in [-0.15, -0.1) is 0 Å². The Kier molecular flexibility index (Phi) is 3.59. The average Bonchev–Trinajstić information content (AvgIpc) is 2.87. The van der Waals surface area contributed by atoms with E-state index in [9.17, 15) is 8.42 Å². The highest BCUT2D eigenvalue weighted by Gasteiger charge is 2.08. The predicted molar refractivity (Wildman–Crippen MR) is 86.3 cm³/mol. The van der Waals surface area contributed by atoms with Crippen molar-refractivity contribution in [2.75, 3.05) is 5.32 Å². The van der Waals surface area contributed by atoms with Gasteiger partial charge in [-0.2, -0.15) is 0 Å². The van der Waals surface area contributed by atoms with Gasteiger partial charge in [0, 0.05) is 25.1 Å². The Hall–Kier alpha value is -2.39. The van der Waals surface area contributed by atoms with E-state index in [0.717, 1.165) is 16.8 Å². The molecule has 0 fully saturated rings. The van der Waals surface area contributed by atoms with Crippen LogP contribution < -0.4 is 16.0 Å². The Labute approximate surface area is 128 Å². The Morgan fingerprint density at radius 1 is 1.23 bits per heavy atom. The first-order chi connectivity index (χ1) is 10.4. The molecule has 7 nitrogen and oxygen atoms in total. The molecule has 3 aromatic rings. The molecule has 2 heterocycles. The number of anilines is 1. The summed E-state index contributed by atoms with van der Waals surface area (Å²) in [6.45, 7) is 0.503. The highest BCUT2D eigenvalue weighted by molar-refractivity contribution is 7.89. The van der Waals surface area contributed by atoms with E-state index in [4.69, 9.17) is 5.14 Å². The zero-order chi connectivity index (χ0) is 15.7. The Morgan fingerprint density at radius 3 is 2.64 bits per heavy atom. The van der Waals surface area contributed by atoms with E-state index in [2.05, 4.69) is 15.3 Å². The fraction of sp³-hybridized carbons (Fsp3) is 0.0769. The largest absolute Gasteiger partial charge is 0.363 e. The van der Waals surface area contributed by atoms with Gasteiger partial charge in [0.2, 0.25) is 10.0 Å². The Morgan fingerprint density at radius 2 is 1.95 bits per heavy atom. The molecular weight excluding hydrogens is 301 g/mol. The van der Waals surface area contributed by atoms with E-state index in [1.807, 2.05) is 18.4 Å². The van der Waals surface area contributed by atoms with Gasteiger partial charge in [0.15, 0.2) is 19.3 Å². The lowest BCUT2D eigenvalue weighted by Gasteiger charge is -2.08. The molecule has 0 saturated heterocycles. The molecule has 1 aromatic carbocycles. The predicted octanol–water partition coefficient (Wildman–Crippen LogP) is -0.753. The van der Waals surface area contributed by atoms with E-state index in [-0.39, 0.29) is 4.90 Å². The maximum absolute atomic E-state index is 11.2. The molecular formula is C13H14BN5O2S. The molecule has 0 saturated carbocycles. The number of nitrogens with one attached hydrogen (secondary N) is 1. The number of sulfonamides is 1. The first-order valence-electron chi connectivity index (χ1n) is 6.59. The molecule has 0 spiro atoms. The lowest BCUT2D eigenvalue weighted by molar-refractivity contribution is 0.598. The van der Waals surface area contributed by atoms with Crippen LogP contribution in [0, 0.1) is 0 Å². The number of hydrogen-bond acceptors (Lipinski definition) is 5. The van der Waals surface area contributed by atoms with Gasteiger partial charge in [0.1, 0.15) is 0 Å². The van der Waals surface area contributed by atoms with Gasteiger partial charge in [-0.1, -0.05) is 12.1 Å². The number of hydrogen-bond donors (Lipinski definition) is 2. The van der Waals surface area contributed by atoms with Gasteiger partial charge in [-0.3, -0.25) is 0 Å². The third-order valence-corrected chi connectivity index (χ3v) is 4.25. The summed E-state index contributed by atoms with van der Waals surface area (Å²) < 4.78 is 24.4. The normalized spacial score (nSPS) is 11.7. The second-order valence-corrected chi connectivity index (χ2v) is 6.47. The number of primary sulfonamides is 1. The first kappa shape index (κ1) is 14.5. The molecule has 0 aliphatic carbocycles. The summed E-state index contributed by atoms with van der Waals surface area (Å²) in [7, 11) is -1.69. The van der Waals surface area contributed by atoms with E-state index >= 15 is 0 Å². The smallest absolute Gasteiger partial charge is 0.238 e. The summed E-state index contributed by atoms with van der Waals surface area (Å²) in [4.78, 5) is 8.70. The number of nitrogens with zero attached hydrogens (tertiary/aromatic N) is 3. The summed E-state index contributed by atoms with van der Waals surface area (Å²) in [6.07, 6.45) is 5.33. The number of fused-ring (bicyclic) bond motifs is 1. The highest BCUT2D eigenvalue weighted by atomic mass is 32.2. The summed E-state index contributed by atoms with van der Waals surface area (Å²) in [5.41, 5.74) is 2.69. The number of benzene rings is 1. The van der Waals surface area contributed by atoms with Crippen LogP contribution in [0.3, 0.4) is 0 Å². The minimum absolute atomic E-state index is 0.0976. The second-order valence-electron chi connectivity index (χ2n) is 4.91. The van der Waals surface area contributed by atoms with Gasteiger partial charge in [0.05, 0.1) is 4.90 Å². The van der Waals surface area contributed by atoms with Crippen molar-refractivity contribution in [1.29, 1.82) is 0 Å². The minimum atomic E-state index is -3.66. The van der Waals surface area contributed by atoms with Crippen LogP contribution >= 0.6 is 0 Å². The molecule has 0 unspecified atom stereocenters. The molecule has 9 heteroatoms. The summed E-state index contributed by atoms with van der Waals surface area (Å²) in [5, 5.41) is 8.27. The molecule has 3 rings (SSSR count). The molecule has 0 atom stereocenters. The van der Waals surface area contributed by atoms with Crippen molar-refractivity contribution in [3.8, 4) is 0 Å². The van der Waals surface area contributed by atoms with Crippen LogP contribution in [-0.2, 0) is 16.6 Å². The van der Waals surface area contributed by atoms with Crippen LogP contribution in [0.25, 0.3) is 5.65 Å². The molecule has 22 heavy (non-hydrogen) atoms. The Balaban J connectivity index is 1.79. The fourth-order valence-electron chi connectivity index (χ4n) is 2.15. The molecule has 0 aliphatic heterocycles. The van der Waals surface area contributed by atoms with Crippen LogP contribution in [-0.4, -0.2) is 30.6 Å². The first-order valence-corrected chi connectivity index (χ1v) is 8.14. The van der Waals surface area contributed by atoms with E-state index in [1.165, 1.54) is 12.1 Å². The van der Waals surface area contributed by atoms with Gasteiger partial charge in [-0.05, 0) is 23.3 Å². The summed E-state index contributed by atoms with van der Waals surface area (Å²) in [5.74, 6) is 0.672. The maximum Gasteiger partial charge on any atom is 0.238 e. The van der Waals surface area contributed by atoms with Crippen molar-refractivity contribution in [3.63, 3.8) is 0 Å². The quantitative estimate of drug-likeness (QED) is 0.617.